The van der Waals surface area contributed by atoms with Crippen LogP contribution in [-0.4, -0.2) is 89.4 Å². The Kier molecular flexibility index (Phi) is 5.50. The van der Waals surface area contributed by atoms with Gasteiger partial charge in [-0.15, -0.1) is 0 Å². The minimum atomic E-state index is -3.79. The number of nitrogens with zero attached hydrogens (tertiary/aromatic N) is 1. The Labute approximate surface area is 157 Å². The SMILES string of the molecule is CCOC(=O)CN(CP12(OCCO1)OCCO2)CP12(OCCO1)OCCO2. The first-order valence-corrected chi connectivity index (χ1v) is 13.3. The number of rotatable bonds is 7. The Morgan fingerprint density at radius 1 is 0.741 bits per heavy atom. The Morgan fingerprint density at radius 3 is 1.37 bits per heavy atom. The zero-order valence-corrected chi connectivity index (χ0v) is 17.2. The second-order valence-electron chi connectivity index (χ2n) is 6.51. The summed E-state index contributed by atoms with van der Waals surface area (Å²) in [7, 11) is -7.57. The van der Waals surface area contributed by atoms with Crippen molar-refractivity contribution < 1.29 is 45.7 Å². The van der Waals surface area contributed by atoms with Crippen molar-refractivity contribution in [3.8, 4) is 0 Å². The van der Waals surface area contributed by atoms with Gasteiger partial charge in [0.1, 0.15) is 0 Å². The normalized spacial score (nSPS) is 33.0. The predicted molar refractivity (Wildman–Crippen MR) is 94.5 cm³/mol. The third kappa shape index (κ3) is 3.76. The molecule has 0 bridgehead atoms. The van der Waals surface area contributed by atoms with Gasteiger partial charge in [-0.2, -0.15) is 0 Å². The summed E-state index contributed by atoms with van der Waals surface area (Å²) in [6.45, 7) is 4.94. The van der Waals surface area contributed by atoms with E-state index in [1.807, 2.05) is 0 Å². The van der Waals surface area contributed by atoms with Crippen LogP contribution in [0.2, 0.25) is 0 Å². The van der Waals surface area contributed by atoms with Crippen molar-refractivity contribution in [3.63, 3.8) is 0 Å². The van der Waals surface area contributed by atoms with Crippen molar-refractivity contribution in [3.05, 3.63) is 0 Å². The monoisotopic (exact) mass is 431 g/mol. The zero-order valence-electron chi connectivity index (χ0n) is 15.4. The fourth-order valence-corrected chi connectivity index (χ4v) is 10.5. The van der Waals surface area contributed by atoms with Crippen molar-refractivity contribution in [1.82, 2.24) is 4.90 Å². The molecule has 0 radical (unpaired) electrons. The second-order valence-corrected chi connectivity index (χ2v) is 13.0. The third-order valence-corrected chi connectivity index (χ3v) is 11.8. The van der Waals surface area contributed by atoms with Gasteiger partial charge in [-0.25, -0.2) is 0 Å². The first-order chi connectivity index (χ1) is 13.0. The number of esters is 1. The topological polar surface area (TPSA) is 103 Å². The van der Waals surface area contributed by atoms with E-state index < -0.39 is 21.0 Å². The van der Waals surface area contributed by atoms with Gasteiger partial charge in [0.15, 0.2) is 0 Å². The summed E-state index contributed by atoms with van der Waals surface area (Å²) in [5.74, 6) is -0.400. The Morgan fingerprint density at radius 2 is 1.07 bits per heavy atom. The van der Waals surface area contributed by atoms with E-state index in [0.717, 1.165) is 0 Å². The molecule has 0 aromatic heterocycles. The van der Waals surface area contributed by atoms with Crippen molar-refractivity contribution >= 4 is 21.0 Å². The van der Waals surface area contributed by atoms with Crippen LogP contribution in [0.3, 0.4) is 0 Å². The molecule has 0 aromatic carbocycles. The van der Waals surface area contributed by atoms with Crippen LogP contribution in [0.5, 0.6) is 0 Å². The molecule has 13 heteroatoms. The van der Waals surface area contributed by atoms with E-state index in [0.29, 0.717) is 52.9 Å². The summed E-state index contributed by atoms with van der Waals surface area (Å²) >= 11 is 0. The maximum atomic E-state index is 12.2. The molecule has 0 N–H and O–H groups in total. The van der Waals surface area contributed by atoms with Crippen LogP contribution in [0.1, 0.15) is 6.92 Å². The molecule has 4 fully saturated rings. The van der Waals surface area contributed by atoms with Crippen molar-refractivity contribution in [2.24, 2.45) is 0 Å². The fourth-order valence-electron chi connectivity index (χ4n) is 3.67. The predicted octanol–water partition coefficient (Wildman–Crippen LogP) is 1.38. The van der Waals surface area contributed by atoms with E-state index >= 15 is 0 Å². The molecule has 158 valence electrons. The van der Waals surface area contributed by atoms with E-state index in [1.165, 1.54) is 0 Å². The minimum absolute atomic E-state index is 0.0531. The molecular weight excluding hydrogens is 404 g/mol. The van der Waals surface area contributed by atoms with Crippen LogP contribution in [0.25, 0.3) is 0 Å². The van der Waals surface area contributed by atoms with Crippen LogP contribution >= 0.6 is 15.0 Å². The van der Waals surface area contributed by atoms with Crippen LogP contribution < -0.4 is 0 Å². The number of carbonyl (C=O) groups excluding carboxylic acids is 1. The van der Waals surface area contributed by atoms with Crippen molar-refractivity contribution in [2.45, 2.75) is 6.92 Å². The molecule has 11 nitrogen and oxygen atoms in total. The summed E-state index contributed by atoms with van der Waals surface area (Å²) < 4.78 is 52.3. The number of hydrogen-bond acceptors (Lipinski definition) is 11. The summed E-state index contributed by atoms with van der Waals surface area (Å²) in [6.07, 6.45) is 0.226. The number of carbonyl (C=O) groups is 1. The quantitative estimate of drug-likeness (QED) is 0.431. The molecule has 0 aliphatic carbocycles. The number of ether oxygens (including phenoxy) is 1. The van der Waals surface area contributed by atoms with Crippen LogP contribution in [0.4, 0.5) is 0 Å². The first-order valence-electron chi connectivity index (χ1n) is 9.11. The molecule has 0 amide bonds. The van der Waals surface area contributed by atoms with Gasteiger partial charge in [-0.05, 0) is 0 Å². The standard InChI is InChI=1S/C14H27NO10P2/c1-2-17-14(16)11-15(12-26(18-3-4-19-26)20-5-6-21-26)13-27(22-7-8-23-27)24-9-10-25-27/h2-13H2,1H3. The molecule has 2 spiro atoms. The third-order valence-electron chi connectivity index (χ3n) is 4.58. The molecule has 4 aliphatic heterocycles. The molecule has 4 heterocycles. The van der Waals surface area contributed by atoms with Gasteiger partial charge in [0.05, 0.1) is 0 Å². The molecular formula is C14H27NO10P2. The van der Waals surface area contributed by atoms with Gasteiger partial charge in [0, 0.05) is 0 Å². The zero-order chi connectivity index (χ0) is 18.9. The number of hydrogen-bond donors (Lipinski definition) is 0. The van der Waals surface area contributed by atoms with E-state index in [1.54, 1.807) is 11.8 Å². The van der Waals surface area contributed by atoms with E-state index in [4.69, 9.17) is 40.9 Å². The van der Waals surface area contributed by atoms with E-state index in [-0.39, 0.29) is 25.7 Å². The van der Waals surface area contributed by atoms with Gasteiger partial charge >= 0.3 is 157 Å². The van der Waals surface area contributed by atoms with Crippen LogP contribution in [0.15, 0.2) is 0 Å². The molecule has 4 rings (SSSR count). The Bertz CT molecular complexity index is 481. The molecule has 4 saturated heterocycles. The summed E-state index contributed by atoms with van der Waals surface area (Å²) in [5, 5.41) is 0. The van der Waals surface area contributed by atoms with Gasteiger partial charge in [-0.3, -0.25) is 0 Å². The molecule has 0 atom stereocenters. The molecule has 27 heavy (non-hydrogen) atoms. The fraction of sp³-hybridized carbons (Fsp3) is 0.929. The van der Waals surface area contributed by atoms with E-state index in [2.05, 4.69) is 0 Å². The average Bonchev–Trinajstić information content (AvgIpc) is 3.41. The van der Waals surface area contributed by atoms with Crippen molar-refractivity contribution in [1.29, 1.82) is 0 Å². The van der Waals surface area contributed by atoms with Gasteiger partial charge < -0.3 is 0 Å². The Balaban J connectivity index is 1.58. The molecule has 0 aromatic rings. The molecule has 4 aliphatic rings. The van der Waals surface area contributed by atoms with Crippen molar-refractivity contribution in [2.75, 3.05) is 78.6 Å². The van der Waals surface area contributed by atoms with Gasteiger partial charge in [-0.1, -0.05) is 0 Å². The Hall–Kier alpha value is -0.0300. The second kappa shape index (κ2) is 7.34. The van der Waals surface area contributed by atoms with Gasteiger partial charge in [0.2, 0.25) is 0 Å². The first kappa shape index (κ1) is 20.3. The molecule has 0 unspecified atom stereocenters. The maximum absolute atomic E-state index is 12.2. The summed E-state index contributed by atoms with van der Waals surface area (Å²) in [4.78, 5) is 14.0. The van der Waals surface area contributed by atoms with Crippen LogP contribution in [0, 0.1) is 0 Å². The van der Waals surface area contributed by atoms with Gasteiger partial charge in [0.25, 0.3) is 0 Å². The summed E-state index contributed by atoms with van der Waals surface area (Å²) in [5.41, 5.74) is 0. The van der Waals surface area contributed by atoms with Crippen LogP contribution in [-0.2, 0) is 45.7 Å². The average molecular weight is 431 g/mol. The molecule has 0 saturated carbocycles. The summed E-state index contributed by atoms with van der Waals surface area (Å²) in [6, 6.07) is 0. The van der Waals surface area contributed by atoms with E-state index in [9.17, 15) is 4.79 Å².